The fourth-order valence-corrected chi connectivity index (χ4v) is 2.54. The second kappa shape index (κ2) is 7.55. The van der Waals surface area contributed by atoms with Crippen molar-refractivity contribution in [3.05, 3.63) is 78.4 Å². The van der Waals surface area contributed by atoms with Crippen molar-refractivity contribution in [3.8, 4) is 0 Å². The summed E-state index contributed by atoms with van der Waals surface area (Å²) >= 11 is 0. The molecular weight excluding hydrogens is 254 g/mol. The van der Waals surface area contributed by atoms with Gasteiger partial charge in [-0.1, -0.05) is 50.1 Å². The molecule has 0 spiro atoms. The lowest BCUT2D eigenvalue weighted by atomic mass is 9.88. The van der Waals surface area contributed by atoms with E-state index in [0.717, 1.165) is 18.7 Å². The van der Waals surface area contributed by atoms with Crippen LogP contribution in [0.1, 0.15) is 25.0 Å². The van der Waals surface area contributed by atoms with Gasteiger partial charge in [-0.25, -0.2) is 0 Å². The van der Waals surface area contributed by atoms with Crippen molar-refractivity contribution in [2.45, 2.75) is 20.3 Å². The molecule has 0 unspecified atom stereocenters. The fraction of sp³-hybridized carbons (Fsp3) is 0.300. The van der Waals surface area contributed by atoms with Gasteiger partial charge in [0.1, 0.15) is 0 Å². The molecule has 0 N–H and O–H groups in total. The average molecular weight is 279 g/mol. The smallest absolute Gasteiger partial charge is 0.0657 e. The minimum absolute atomic E-state index is 0.170. The van der Waals surface area contributed by atoms with Crippen LogP contribution < -0.4 is 0 Å². The molecular formula is C20H25N. The van der Waals surface area contributed by atoms with Gasteiger partial charge in [0.2, 0.25) is 0 Å². The molecule has 0 fully saturated rings. The van der Waals surface area contributed by atoms with Gasteiger partial charge in [0.25, 0.3) is 0 Å². The third-order valence-corrected chi connectivity index (χ3v) is 3.61. The first-order chi connectivity index (χ1) is 9.96. The van der Waals surface area contributed by atoms with E-state index < -0.39 is 0 Å². The number of nitrogens with zero attached hydrogens (tertiary/aromatic N) is 1. The van der Waals surface area contributed by atoms with Gasteiger partial charge in [0.15, 0.2) is 0 Å². The number of rotatable bonds is 7. The van der Waals surface area contributed by atoms with Gasteiger partial charge >= 0.3 is 0 Å². The number of allylic oxidation sites excluding steroid dienone is 1. The molecule has 1 heteroatoms. The number of hydrogen-bond donors (Lipinski definition) is 0. The van der Waals surface area contributed by atoms with Crippen molar-refractivity contribution in [2.75, 3.05) is 13.6 Å². The Bertz CT molecular complexity index is 594. The summed E-state index contributed by atoms with van der Waals surface area (Å²) in [6.07, 6.45) is 4.82. The molecule has 0 bridgehead atoms. The minimum atomic E-state index is -0.170. The Balaban J connectivity index is 2.86. The zero-order chi connectivity index (χ0) is 15.9. The highest BCUT2D eigenvalue weighted by molar-refractivity contribution is 5.51. The molecule has 0 aliphatic heterocycles. The molecule has 1 nitrogen and oxygen atoms in total. The van der Waals surface area contributed by atoms with Gasteiger partial charge in [-0.2, -0.15) is 0 Å². The topological polar surface area (TPSA) is 3.24 Å². The first-order valence-corrected chi connectivity index (χ1v) is 7.15. The molecule has 0 aliphatic rings. The summed E-state index contributed by atoms with van der Waals surface area (Å²) in [5.41, 5.74) is 9.31. The maximum Gasteiger partial charge on any atom is 0.0657 e. The molecule has 1 aromatic rings. The van der Waals surface area contributed by atoms with Crippen LogP contribution in [0.2, 0.25) is 0 Å². The highest BCUT2D eigenvalue weighted by atomic mass is 15.1. The van der Waals surface area contributed by atoms with Crippen molar-refractivity contribution < 1.29 is 0 Å². The maximum absolute atomic E-state index is 3.87. The monoisotopic (exact) mass is 279 g/mol. The van der Waals surface area contributed by atoms with Crippen LogP contribution in [0.15, 0.2) is 67.2 Å². The predicted octanol–water partition coefficient (Wildman–Crippen LogP) is 4.84. The summed E-state index contributed by atoms with van der Waals surface area (Å²) in [4.78, 5) is 2.20. The standard InChI is InChI=1S/C20H25N/c1-7-15-20(4,5)19(9-3)21(6)16-14-18-13-11-10-12-17(18)8-2/h8,10-13,15H,1-3,14,16H2,4-6H3. The van der Waals surface area contributed by atoms with E-state index in [2.05, 4.69) is 75.2 Å². The zero-order valence-corrected chi connectivity index (χ0v) is 13.4. The fourth-order valence-electron chi connectivity index (χ4n) is 2.54. The van der Waals surface area contributed by atoms with E-state index in [9.17, 15) is 0 Å². The Labute approximate surface area is 129 Å². The van der Waals surface area contributed by atoms with Crippen LogP contribution in [0, 0.1) is 5.41 Å². The largest absolute Gasteiger partial charge is 0.371 e. The van der Waals surface area contributed by atoms with Crippen LogP contribution in [0.5, 0.6) is 0 Å². The zero-order valence-electron chi connectivity index (χ0n) is 13.4. The number of likely N-dealkylation sites (N-methyl/N-ethyl adjacent to an activating group) is 1. The van der Waals surface area contributed by atoms with Crippen LogP contribution in [0.25, 0.3) is 6.08 Å². The molecule has 0 atom stereocenters. The van der Waals surface area contributed by atoms with E-state index in [1.165, 1.54) is 11.1 Å². The van der Waals surface area contributed by atoms with Crippen molar-refractivity contribution >= 4 is 6.08 Å². The summed E-state index contributed by atoms with van der Waals surface area (Å²) in [7, 11) is 2.07. The van der Waals surface area contributed by atoms with E-state index >= 15 is 0 Å². The molecule has 0 aromatic heterocycles. The second-order valence-corrected chi connectivity index (χ2v) is 5.67. The van der Waals surface area contributed by atoms with Gasteiger partial charge in [0.05, 0.1) is 5.70 Å². The molecule has 0 radical (unpaired) electrons. The van der Waals surface area contributed by atoms with E-state index in [-0.39, 0.29) is 5.41 Å². The third-order valence-electron chi connectivity index (χ3n) is 3.61. The Hall–Kier alpha value is -2.20. The molecule has 0 saturated heterocycles. The van der Waals surface area contributed by atoms with Crippen LogP contribution >= 0.6 is 0 Å². The van der Waals surface area contributed by atoms with E-state index in [1.54, 1.807) is 0 Å². The van der Waals surface area contributed by atoms with E-state index in [0.29, 0.717) is 0 Å². The molecule has 0 aliphatic carbocycles. The van der Waals surface area contributed by atoms with Gasteiger partial charge in [-0.05, 0) is 37.5 Å². The Morgan fingerprint density at radius 3 is 2.52 bits per heavy atom. The van der Waals surface area contributed by atoms with Crippen LogP contribution in [-0.2, 0) is 6.42 Å². The first-order valence-electron chi connectivity index (χ1n) is 7.15. The highest BCUT2D eigenvalue weighted by Crippen LogP contribution is 2.29. The predicted molar refractivity (Wildman–Crippen MR) is 93.0 cm³/mol. The van der Waals surface area contributed by atoms with Crippen molar-refractivity contribution in [1.29, 1.82) is 0 Å². The minimum Gasteiger partial charge on any atom is -0.371 e. The Morgan fingerprint density at radius 1 is 1.29 bits per heavy atom. The maximum atomic E-state index is 3.87. The van der Waals surface area contributed by atoms with Gasteiger partial charge < -0.3 is 4.90 Å². The molecule has 0 heterocycles. The van der Waals surface area contributed by atoms with Crippen LogP contribution in [0.3, 0.4) is 0 Å². The van der Waals surface area contributed by atoms with Crippen molar-refractivity contribution in [2.24, 2.45) is 5.41 Å². The lowest BCUT2D eigenvalue weighted by Gasteiger charge is -2.31. The summed E-state index contributed by atoms with van der Waals surface area (Å²) in [6.45, 7) is 16.5. The lowest BCUT2D eigenvalue weighted by molar-refractivity contribution is 0.338. The molecule has 1 aromatic carbocycles. The Morgan fingerprint density at radius 2 is 1.95 bits per heavy atom. The highest BCUT2D eigenvalue weighted by Gasteiger charge is 2.23. The second-order valence-electron chi connectivity index (χ2n) is 5.67. The Kier molecular flexibility index (Phi) is 6.06. The normalized spacial score (nSPS) is 10.2. The quantitative estimate of drug-likeness (QED) is 0.646. The van der Waals surface area contributed by atoms with Gasteiger partial charge in [0, 0.05) is 19.0 Å². The molecule has 0 saturated carbocycles. The molecule has 110 valence electrons. The third kappa shape index (κ3) is 4.39. The van der Waals surface area contributed by atoms with Gasteiger partial charge in [-0.3, -0.25) is 0 Å². The number of hydrogen-bond acceptors (Lipinski definition) is 1. The van der Waals surface area contributed by atoms with Crippen LogP contribution in [-0.4, -0.2) is 18.5 Å². The van der Waals surface area contributed by atoms with Crippen molar-refractivity contribution in [1.82, 2.24) is 4.90 Å². The summed E-state index contributed by atoms with van der Waals surface area (Å²) in [5.74, 6) is 0. The molecule has 1 rings (SSSR count). The lowest BCUT2D eigenvalue weighted by Crippen LogP contribution is -2.29. The van der Waals surface area contributed by atoms with E-state index in [4.69, 9.17) is 0 Å². The van der Waals surface area contributed by atoms with E-state index in [1.807, 2.05) is 18.2 Å². The summed E-state index contributed by atoms with van der Waals surface area (Å²) < 4.78 is 0. The number of benzene rings is 1. The van der Waals surface area contributed by atoms with Crippen molar-refractivity contribution in [3.63, 3.8) is 0 Å². The average Bonchev–Trinajstić information content (AvgIpc) is 2.45. The van der Waals surface area contributed by atoms with Crippen LogP contribution in [0.4, 0.5) is 0 Å². The summed E-state index contributed by atoms with van der Waals surface area (Å²) in [6, 6.07) is 8.35. The first kappa shape index (κ1) is 16.9. The molecule has 0 amide bonds. The van der Waals surface area contributed by atoms with Gasteiger partial charge in [-0.15, -0.1) is 11.5 Å². The SMILES string of the molecule is C=C=CC(C)(C)C(=C=C)N(C)CCc1ccccc1C=C. The summed E-state index contributed by atoms with van der Waals surface area (Å²) in [5, 5.41) is 0. The molecule has 21 heavy (non-hydrogen) atoms.